The minimum Gasteiger partial charge on any atom is -0.490 e. The maximum atomic E-state index is 14.2. The number of aromatic nitrogens is 1. The summed E-state index contributed by atoms with van der Waals surface area (Å²) in [4.78, 5) is 17.8. The van der Waals surface area contributed by atoms with Gasteiger partial charge in [-0.15, -0.1) is 0 Å². The van der Waals surface area contributed by atoms with Gasteiger partial charge in [0.25, 0.3) is 15.9 Å². The number of hydrogen-bond acceptors (Lipinski definition) is 5. The van der Waals surface area contributed by atoms with Crippen LogP contribution in [-0.4, -0.2) is 32.5 Å². The van der Waals surface area contributed by atoms with E-state index in [1.54, 1.807) is 0 Å². The van der Waals surface area contributed by atoms with Gasteiger partial charge >= 0.3 is 6.18 Å². The summed E-state index contributed by atoms with van der Waals surface area (Å²) in [5, 5.41) is -0.740. The number of carbonyl (C=O) groups is 1. The SMILES string of the molecule is Cc1c(F)ccc2c1N(C(=O)c1ncc(Cl)cc1NS(=O)(=O)c1ccc(Cl)c(C(F)(F)F)c1)CCO2. The zero-order valence-corrected chi connectivity index (χ0v) is 20.5. The number of sulfonamides is 1. The van der Waals surface area contributed by atoms with Crippen molar-refractivity contribution in [3.8, 4) is 5.75 Å². The smallest absolute Gasteiger partial charge is 0.417 e. The summed E-state index contributed by atoms with van der Waals surface area (Å²) in [5.74, 6) is -1.16. The standard InChI is InChI=1S/C22H15Cl2F4N3O4S/c1-11-16(25)4-5-18-20(11)31(6-7-35-18)21(32)19-17(8-12(23)10-29-19)30-36(33,34)13-2-3-15(24)14(9-13)22(26,27)28/h2-5,8-10,30H,6-7H2,1H3. The van der Waals surface area contributed by atoms with Gasteiger partial charge in [-0.1, -0.05) is 23.2 Å². The molecule has 1 aromatic heterocycles. The molecular weight excluding hydrogens is 549 g/mol. The van der Waals surface area contributed by atoms with Gasteiger partial charge in [0.1, 0.15) is 18.2 Å². The Hall–Kier alpha value is -3.09. The van der Waals surface area contributed by atoms with Crippen LogP contribution >= 0.6 is 23.2 Å². The molecule has 14 heteroatoms. The van der Waals surface area contributed by atoms with Gasteiger partial charge in [-0.25, -0.2) is 17.8 Å². The molecule has 0 radical (unpaired) electrons. The number of alkyl halides is 3. The van der Waals surface area contributed by atoms with Crippen molar-refractivity contribution in [2.75, 3.05) is 22.8 Å². The summed E-state index contributed by atoms with van der Waals surface area (Å²) in [5.41, 5.74) is -1.89. The third-order valence-electron chi connectivity index (χ3n) is 5.27. The molecule has 0 bridgehead atoms. The maximum Gasteiger partial charge on any atom is 0.417 e. The van der Waals surface area contributed by atoms with Crippen LogP contribution < -0.4 is 14.4 Å². The number of benzene rings is 2. The molecule has 2 aromatic carbocycles. The largest absolute Gasteiger partial charge is 0.490 e. The molecule has 3 aromatic rings. The zero-order chi connectivity index (χ0) is 26.4. The Labute approximate surface area is 212 Å². The van der Waals surface area contributed by atoms with Gasteiger partial charge in [-0.05, 0) is 43.3 Å². The van der Waals surface area contributed by atoms with Crippen LogP contribution in [0.1, 0.15) is 21.6 Å². The van der Waals surface area contributed by atoms with E-state index in [0.717, 1.165) is 24.4 Å². The number of nitrogens with one attached hydrogen (secondary N) is 1. The minimum absolute atomic E-state index is 0.00124. The molecule has 36 heavy (non-hydrogen) atoms. The lowest BCUT2D eigenvalue weighted by atomic mass is 10.1. The fourth-order valence-corrected chi connectivity index (χ4v) is 5.04. The Morgan fingerprint density at radius 2 is 1.89 bits per heavy atom. The lowest BCUT2D eigenvalue weighted by Crippen LogP contribution is -2.39. The summed E-state index contributed by atoms with van der Waals surface area (Å²) < 4.78 is 87.4. The number of rotatable bonds is 4. The summed E-state index contributed by atoms with van der Waals surface area (Å²) in [7, 11) is -4.65. The molecule has 2 heterocycles. The van der Waals surface area contributed by atoms with Crippen molar-refractivity contribution < 1.29 is 35.5 Å². The fourth-order valence-electron chi connectivity index (χ4n) is 3.57. The van der Waals surface area contributed by atoms with E-state index in [-0.39, 0.29) is 35.2 Å². The highest BCUT2D eigenvalue weighted by Crippen LogP contribution is 2.38. The predicted molar refractivity (Wildman–Crippen MR) is 125 cm³/mol. The molecule has 1 N–H and O–H groups in total. The van der Waals surface area contributed by atoms with Crippen LogP contribution in [0.25, 0.3) is 0 Å². The molecule has 0 saturated carbocycles. The van der Waals surface area contributed by atoms with Crippen LogP contribution in [-0.2, 0) is 16.2 Å². The highest BCUT2D eigenvalue weighted by molar-refractivity contribution is 7.92. The molecule has 1 amide bonds. The summed E-state index contributed by atoms with van der Waals surface area (Å²) in [6.07, 6.45) is -3.81. The lowest BCUT2D eigenvalue weighted by Gasteiger charge is -2.31. The second-order valence-corrected chi connectivity index (χ2v) is 10.1. The fraction of sp³-hybridized carbons (Fsp3) is 0.182. The van der Waals surface area contributed by atoms with Gasteiger partial charge in [0.15, 0.2) is 5.69 Å². The Bertz CT molecular complexity index is 1480. The van der Waals surface area contributed by atoms with Gasteiger partial charge in [0.2, 0.25) is 0 Å². The molecule has 0 atom stereocenters. The number of anilines is 2. The monoisotopic (exact) mass is 563 g/mol. The molecule has 1 aliphatic rings. The number of hydrogen-bond donors (Lipinski definition) is 1. The van der Waals surface area contributed by atoms with Crippen LogP contribution in [0, 0.1) is 12.7 Å². The number of carbonyl (C=O) groups excluding carboxylic acids is 1. The van der Waals surface area contributed by atoms with Crippen molar-refractivity contribution in [2.45, 2.75) is 18.0 Å². The normalized spacial score (nSPS) is 13.7. The second-order valence-electron chi connectivity index (χ2n) is 7.62. The predicted octanol–water partition coefficient (Wildman–Crippen LogP) is 5.69. The first-order valence-corrected chi connectivity index (χ1v) is 12.3. The number of pyridine rings is 1. The van der Waals surface area contributed by atoms with Crippen molar-refractivity contribution in [3.63, 3.8) is 0 Å². The van der Waals surface area contributed by atoms with Crippen LogP contribution in [0.2, 0.25) is 10.0 Å². The van der Waals surface area contributed by atoms with Gasteiger partial charge < -0.3 is 4.74 Å². The van der Waals surface area contributed by atoms with Crippen LogP contribution in [0.3, 0.4) is 0 Å². The highest BCUT2D eigenvalue weighted by Gasteiger charge is 2.35. The van der Waals surface area contributed by atoms with Crippen LogP contribution in [0.15, 0.2) is 47.5 Å². The molecule has 7 nitrogen and oxygen atoms in total. The minimum atomic E-state index is -4.90. The van der Waals surface area contributed by atoms with E-state index in [9.17, 15) is 30.8 Å². The topological polar surface area (TPSA) is 88.6 Å². The quantitative estimate of drug-likeness (QED) is 0.412. The van der Waals surface area contributed by atoms with Gasteiger partial charge in [-0.2, -0.15) is 13.2 Å². The Balaban J connectivity index is 1.75. The number of ether oxygens (including phenoxy) is 1. The highest BCUT2D eigenvalue weighted by atomic mass is 35.5. The van der Waals surface area contributed by atoms with Crippen molar-refractivity contribution in [3.05, 3.63) is 75.3 Å². The number of fused-ring (bicyclic) bond motifs is 1. The Morgan fingerprint density at radius 1 is 1.17 bits per heavy atom. The zero-order valence-electron chi connectivity index (χ0n) is 18.2. The number of amides is 1. The molecule has 4 rings (SSSR count). The third-order valence-corrected chi connectivity index (χ3v) is 7.17. The summed E-state index contributed by atoms with van der Waals surface area (Å²) in [6.45, 7) is 1.52. The van der Waals surface area contributed by atoms with Gasteiger partial charge in [0, 0.05) is 11.8 Å². The molecular formula is C22H15Cl2F4N3O4S. The van der Waals surface area contributed by atoms with E-state index in [1.165, 1.54) is 24.0 Å². The van der Waals surface area contributed by atoms with Crippen molar-refractivity contribution >= 4 is 50.5 Å². The maximum absolute atomic E-state index is 14.2. The van der Waals surface area contributed by atoms with Crippen molar-refractivity contribution in [1.29, 1.82) is 0 Å². The van der Waals surface area contributed by atoms with Crippen molar-refractivity contribution in [2.24, 2.45) is 0 Å². The Morgan fingerprint density at radius 3 is 2.58 bits per heavy atom. The van der Waals surface area contributed by atoms with E-state index in [2.05, 4.69) is 9.71 Å². The number of nitrogens with zero attached hydrogens (tertiary/aromatic N) is 2. The molecule has 190 valence electrons. The van der Waals surface area contributed by atoms with E-state index in [1.807, 2.05) is 0 Å². The van der Waals surface area contributed by atoms with Gasteiger partial charge in [-0.3, -0.25) is 14.4 Å². The van der Waals surface area contributed by atoms with Gasteiger partial charge in [0.05, 0.1) is 38.4 Å². The molecule has 0 aliphatic carbocycles. The summed E-state index contributed by atoms with van der Waals surface area (Å²) in [6, 6.07) is 5.67. The summed E-state index contributed by atoms with van der Waals surface area (Å²) >= 11 is 11.5. The number of halogens is 6. The third kappa shape index (κ3) is 4.93. The van der Waals surface area contributed by atoms with E-state index < -0.39 is 54.8 Å². The average molecular weight is 564 g/mol. The van der Waals surface area contributed by atoms with Crippen molar-refractivity contribution in [1.82, 2.24) is 4.98 Å². The van der Waals surface area contributed by atoms with E-state index in [0.29, 0.717) is 6.07 Å². The van der Waals surface area contributed by atoms with Crippen LogP contribution in [0.5, 0.6) is 5.75 Å². The lowest BCUT2D eigenvalue weighted by molar-refractivity contribution is -0.137. The second kappa shape index (κ2) is 9.41. The van der Waals surface area contributed by atoms with E-state index >= 15 is 0 Å². The molecule has 1 aliphatic heterocycles. The first kappa shape index (κ1) is 26.0. The van der Waals surface area contributed by atoms with E-state index in [4.69, 9.17) is 27.9 Å². The molecule has 0 spiro atoms. The Kier molecular flexibility index (Phi) is 6.80. The van der Waals surface area contributed by atoms with Crippen LogP contribution in [0.4, 0.5) is 28.9 Å². The average Bonchev–Trinajstić information content (AvgIpc) is 2.80. The molecule has 0 fully saturated rings. The first-order valence-electron chi connectivity index (χ1n) is 10.1. The molecule has 0 saturated heterocycles. The first-order chi connectivity index (χ1) is 16.8. The molecule has 0 unspecified atom stereocenters.